The molecule has 0 spiro atoms. The van der Waals surface area contributed by atoms with Crippen LogP contribution in [-0.2, 0) is 0 Å². The lowest BCUT2D eigenvalue weighted by Crippen LogP contribution is -2.45. The highest BCUT2D eigenvalue weighted by Gasteiger charge is 2.37. The highest BCUT2D eigenvalue weighted by Crippen LogP contribution is 2.43. The molecular formula is C13H19N3. The maximum absolute atomic E-state index is 4.55. The normalized spacial score (nSPS) is 24.2. The lowest BCUT2D eigenvalue weighted by molar-refractivity contribution is 0.153. The topological polar surface area (TPSA) is 28.2 Å². The Labute approximate surface area is 96.9 Å². The van der Waals surface area contributed by atoms with E-state index in [2.05, 4.69) is 27.3 Å². The van der Waals surface area contributed by atoms with Crippen LogP contribution in [0.1, 0.15) is 24.6 Å². The van der Waals surface area contributed by atoms with E-state index < -0.39 is 0 Å². The molecule has 2 aliphatic rings. The molecule has 1 aromatic heterocycles. The van der Waals surface area contributed by atoms with Crippen LogP contribution in [0.4, 0.5) is 0 Å². The molecule has 16 heavy (non-hydrogen) atoms. The first-order chi connectivity index (χ1) is 7.95. The number of rotatable bonds is 3. The van der Waals surface area contributed by atoms with Crippen LogP contribution in [0.2, 0.25) is 0 Å². The third-order valence-corrected chi connectivity index (χ3v) is 3.60. The number of hydrogen-bond donors (Lipinski definition) is 1. The van der Waals surface area contributed by atoms with E-state index in [4.69, 9.17) is 0 Å². The zero-order chi connectivity index (χ0) is 10.8. The Morgan fingerprint density at radius 1 is 1.25 bits per heavy atom. The minimum atomic E-state index is 0.572. The largest absolute Gasteiger partial charge is 0.314 e. The predicted octanol–water partition coefficient (Wildman–Crippen LogP) is 1.44. The number of nitrogens with one attached hydrogen (secondary N) is 1. The van der Waals surface area contributed by atoms with Gasteiger partial charge in [-0.2, -0.15) is 0 Å². The van der Waals surface area contributed by atoms with Crippen molar-refractivity contribution in [2.75, 3.05) is 26.2 Å². The van der Waals surface area contributed by atoms with Gasteiger partial charge in [-0.25, -0.2) is 0 Å². The van der Waals surface area contributed by atoms with Crippen molar-refractivity contribution in [1.29, 1.82) is 0 Å². The lowest BCUT2D eigenvalue weighted by Gasteiger charge is -2.34. The fraction of sp³-hybridized carbons (Fsp3) is 0.615. The molecule has 3 rings (SSSR count). The molecule has 86 valence electrons. The van der Waals surface area contributed by atoms with Gasteiger partial charge in [0.25, 0.3) is 0 Å². The first-order valence-corrected chi connectivity index (χ1v) is 6.31. The Bertz CT molecular complexity index is 328. The van der Waals surface area contributed by atoms with Crippen molar-refractivity contribution in [3.8, 4) is 0 Å². The summed E-state index contributed by atoms with van der Waals surface area (Å²) in [6.45, 7) is 4.57. The van der Waals surface area contributed by atoms with Crippen LogP contribution in [0.3, 0.4) is 0 Å². The van der Waals surface area contributed by atoms with E-state index in [-0.39, 0.29) is 0 Å². The summed E-state index contributed by atoms with van der Waals surface area (Å²) >= 11 is 0. The minimum absolute atomic E-state index is 0.572. The summed E-state index contributed by atoms with van der Waals surface area (Å²) in [6, 6.07) is 6.87. The average molecular weight is 217 g/mol. The maximum atomic E-state index is 4.55. The lowest BCUT2D eigenvalue weighted by atomic mass is 10.1. The second-order valence-corrected chi connectivity index (χ2v) is 4.82. The summed E-state index contributed by atoms with van der Waals surface area (Å²) < 4.78 is 0. The molecule has 1 aromatic rings. The molecule has 1 N–H and O–H groups in total. The fourth-order valence-electron chi connectivity index (χ4n) is 2.65. The minimum Gasteiger partial charge on any atom is -0.314 e. The van der Waals surface area contributed by atoms with Crippen LogP contribution in [0.5, 0.6) is 0 Å². The van der Waals surface area contributed by atoms with E-state index in [9.17, 15) is 0 Å². The van der Waals surface area contributed by atoms with Gasteiger partial charge in [-0.1, -0.05) is 6.07 Å². The number of hydrogen-bond acceptors (Lipinski definition) is 3. The second kappa shape index (κ2) is 4.52. The molecule has 1 aliphatic heterocycles. The van der Waals surface area contributed by atoms with Gasteiger partial charge in [0, 0.05) is 32.4 Å². The van der Waals surface area contributed by atoms with Crippen LogP contribution in [0, 0.1) is 5.92 Å². The summed E-state index contributed by atoms with van der Waals surface area (Å²) in [6.07, 6.45) is 4.68. The van der Waals surface area contributed by atoms with Gasteiger partial charge in [-0.15, -0.1) is 0 Å². The molecule has 1 saturated carbocycles. The van der Waals surface area contributed by atoms with Crippen LogP contribution >= 0.6 is 0 Å². The molecule has 1 aliphatic carbocycles. The van der Waals surface area contributed by atoms with Gasteiger partial charge in [-0.3, -0.25) is 9.88 Å². The third kappa shape index (κ3) is 2.11. The standard InChI is InChI=1S/C13H19N3/c1-2-6-15-12(3-1)13(11-4-5-11)16-9-7-14-8-10-16/h1-3,6,11,13-14H,4-5,7-10H2/t13-/m0/s1. The highest BCUT2D eigenvalue weighted by atomic mass is 15.2. The van der Waals surface area contributed by atoms with Crippen molar-refractivity contribution in [2.45, 2.75) is 18.9 Å². The van der Waals surface area contributed by atoms with Gasteiger partial charge >= 0.3 is 0 Å². The third-order valence-electron chi connectivity index (χ3n) is 3.60. The molecule has 3 heteroatoms. The van der Waals surface area contributed by atoms with Crippen LogP contribution in [0.25, 0.3) is 0 Å². The van der Waals surface area contributed by atoms with Crippen molar-refractivity contribution < 1.29 is 0 Å². The summed E-state index contributed by atoms with van der Waals surface area (Å²) in [5, 5.41) is 3.42. The van der Waals surface area contributed by atoms with Gasteiger partial charge < -0.3 is 5.32 Å². The molecule has 2 heterocycles. The zero-order valence-corrected chi connectivity index (χ0v) is 9.60. The summed E-state index contributed by atoms with van der Waals surface area (Å²) in [7, 11) is 0. The van der Waals surface area contributed by atoms with E-state index in [1.165, 1.54) is 18.5 Å². The molecule has 2 fully saturated rings. The first-order valence-electron chi connectivity index (χ1n) is 6.31. The summed E-state index contributed by atoms with van der Waals surface area (Å²) in [5.41, 5.74) is 1.27. The van der Waals surface area contributed by atoms with Crippen molar-refractivity contribution in [1.82, 2.24) is 15.2 Å². The molecular weight excluding hydrogens is 198 g/mol. The van der Waals surface area contributed by atoms with Gasteiger partial charge in [0.15, 0.2) is 0 Å². The second-order valence-electron chi connectivity index (χ2n) is 4.82. The van der Waals surface area contributed by atoms with Gasteiger partial charge in [0.05, 0.1) is 11.7 Å². The van der Waals surface area contributed by atoms with Crippen molar-refractivity contribution in [3.05, 3.63) is 30.1 Å². The predicted molar refractivity (Wildman–Crippen MR) is 64.1 cm³/mol. The Hall–Kier alpha value is -0.930. The number of piperazine rings is 1. The average Bonchev–Trinajstić information content (AvgIpc) is 3.17. The van der Waals surface area contributed by atoms with Crippen molar-refractivity contribution >= 4 is 0 Å². The monoisotopic (exact) mass is 217 g/mol. The van der Waals surface area contributed by atoms with E-state index in [0.717, 1.165) is 32.1 Å². The number of nitrogens with zero attached hydrogens (tertiary/aromatic N) is 2. The van der Waals surface area contributed by atoms with Crippen LogP contribution < -0.4 is 5.32 Å². The SMILES string of the molecule is c1ccc([C@H](C2CC2)N2CCNCC2)nc1. The van der Waals surface area contributed by atoms with E-state index in [0.29, 0.717) is 6.04 Å². The summed E-state index contributed by atoms with van der Waals surface area (Å²) in [4.78, 5) is 7.16. The Kier molecular flexibility index (Phi) is 2.89. The molecule has 3 nitrogen and oxygen atoms in total. The van der Waals surface area contributed by atoms with Crippen molar-refractivity contribution in [2.24, 2.45) is 5.92 Å². The first kappa shape index (κ1) is 10.2. The molecule has 0 radical (unpaired) electrons. The van der Waals surface area contributed by atoms with Gasteiger partial charge in [0.2, 0.25) is 0 Å². The van der Waals surface area contributed by atoms with Crippen LogP contribution in [-0.4, -0.2) is 36.1 Å². The molecule has 0 bridgehead atoms. The van der Waals surface area contributed by atoms with E-state index in [1.54, 1.807) is 0 Å². The quantitative estimate of drug-likeness (QED) is 0.830. The zero-order valence-electron chi connectivity index (χ0n) is 9.60. The summed E-state index contributed by atoms with van der Waals surface area (Å²) in [5.74, 6) is 0.855. The molecule has 1 atom stereocenters. The fourth-order valence-corrected chi connectivity index (χ4v) is 2.65. The van der Waals surface area contributed by atoms with E-state index in [1.807, 2.05) is 12.3 Å². The van der Waals surface area contributed by atoms with Gasteiger partial charge in [0.1, 0.15) is 0 Å². The van der Waals surface area contributed by atoms with Crippen LogP contribution in [0.15, 0.2) is 24.4 Å². The van der Waals surface area contributed by atoms with Gasteiger partial charge in [-0.05, 0) is 30.9 Å². The molecule has 0 amide bonds. The van der Waals surface area contributed by atoms with E-state index >= 15 is 0 Å². The number of aromatic nitrogens is 1. The highest BCUT2D eigenvalue weighted by molar-refractivity contribution is 5.12. The smallest absolute Gasteiger partial charge is 0.0578 e. The molecule has 0 aromatic carbocycles. The maximum Gasteiger partial charge on any atom is 0.0578 e. The number of pyridine rings is 1. The Morgan fingerprint density at radius 3 is 2.69 bits per heavy atom. The van der Waals surface area contributed by atoms with Crippen molar-refractivity contribution in [3.63, 3.8) is 0 Å². The molecule has 0 unspecified atom stereocenters. The Morgan fingerprint density at radius 2 is 2.06 bits per heavy atom. The Balaban J connectivity index is 1.80. The molecule has 1 saturated heterocycles.